The molecule has 0 aromatic rings. The van der Waals surface area contributed by atoms with Crippen LogP contribution in [0, 0.1) is 5.92 Å². The number of likely N-dealkylation sites (tertiary alicyclic amines) is 1. The van der Waals surface area contributed by atoms with Crippen molar-refractivity contribution in [2.75, 3.05) is 13.7 Å². The normalized spacial score (nSPS) is 26.2. The summed E-state index contributed by atoms with van der Waals surface area (Å²) in [6, 6.07) is 0.334. The number of rotatable bonds is 0. The van der Waals surface area contributed by atoms with Gasteiger partial charge in [0.05, 0.1) is 7.11 Å². The van der Waals surface area contributed by atoms with Crippen LogP contribution in [0.15, 0.2) is 0 Å². The first-order chi connectivity index (χ1) is 6.65. The molecule has 1 heterocycles. The molecule has 14 heavy (non-hydrogen) atoms. The minimum absolute atomic E-state index is 0.186. The Morgan fingerprint density at radius 1 is 1.36 bits per heavy atom. The molecular weight excluding hydrogens is 178 g/mol. The van der Waals surface area contributed by atoms with Crippen molar-refractivity contribution in [3.63, 3.8) is 0 Å². The third kappa shape index (κ3) is 3.56. The second-order valence-corrected chi connectivity index (χ2v) is 3.64. The van der Waals surface area contributed by atoms with Crippen LogP contribution in [0.4, 0.5) is 4.79 Å². The lowest BCUT2D eigenvalue weighted by Crippen LogP contribution is -2.44. The molecule has 2 atom stereocenters. The van der Waals surface area contributed by atoms with E-state index in [2.05, 4.69) is 18.6 Å². The summed E-state index contributed by atoms with van der Waals surface area (Å²) in [7, 11) is 1.44. The van der Waals surface area contributed by atoms with Gasteiger partial charge in [0.1, 0.15) is 0 Å². The van der Waals surface area contributed by atoms with Crippen molar-refractivity contribution in [2.24, 2.45) is 5.92 Å². The van der Waals surface area contributed by atoms with E-state index in [1.807, 2.05) is 13.8 Å². The van der Waals surface area contributed by atoms with Gasteiger partial charge in [-0.25, -0.2) is 4.79 Å². The highest BCUT2D eigenvalue weighted by molar-refractivity contribution is 5.67. The van der Waals surface area contributed by atoms with E-state index in [9.17, 15) is 4.79 Å². The third-order valence-corrected chi connectivity index (χ3v) is 2.55. The molecular formula is C11H23NO2. The molecule has 0 aromatic heterocycles. The van der Waals surface area contributed by atoms with Gasteiger partial charge in [-0.2, -0.15) is 0 Å². The van der Waals surface area contributed by atoms with Crippen molar-refractivity contribution in [3.8, 4) is 0 Å². The van der Waals surface area contributed by atoms with Crippen molar-refractivity contribution in [1.82, 2.24) is 4.90 Å². The Hall–Kier alpha value is -0.730. The maximum Gasteiger partial charge on any atom is 0.409 e. The van der Waals surface area contributed by atoms with Gasteiger partial charge in [0.15, 0.2) is 0 Å². The second kappa shape index (κ2) is 6.68. The zero-order valence-electron chi connectivity index (χ0n) is 10.0. The van der Waals surface area contributed by atoms with E-state index in [4.69, 9.17) is 0 Å². The molecule has 1 fully saturated rings. The van der Waals surface area contributed by atoms with Gasteiger partial charge in [0.25, 0.3) is 0 Å². The minimum atomic E-state index is -0.186. The van der Waals surface area contributed by atoms with Gasteiger partial charge >= 0.3 is 6.09 Å². The number of methoxy groups -OCH3 is 1. The maximum absolute atomic E-state index is 11.2. The first kappa shape index (κ1) is 13.3. The van der Waals surface area contributed by atoms with Crippen LogP contribution in [0.3, 0.4) is 0 Å². The third-order valence-electron chi connectivity index (χ3n) is 2.55. The number of hydrogen-bond acceptors (Lipinski definition) is 2. The van der Waals surface area contributed by atoms with Crippen LogP contribution in [0.5, 0.6) is 0 Å². The van der Waals surface area contributed by atoms with E-state index in [0.717, 1.165) is 25.3 Å². The number of ether oxygens (including phenoxy) is 1. The van der Waals surface area contributed by atoms with E-state index in [-0.39, 0.29) is 6.09 Å². The summed E-state index contributed by atoms with van der Waals surface area (Å²) in [5, 5.41) is 0. The van der Waals surface area contributed by atoms with Crippen molar-refractivity contribution < 1.29 is 9.53 Å². The standard InChI is InChI=1S/C9H17NO2.C2H6/c1-7-4-5-10(8(2)6-7)9(11)12-3;1-2/h7-8H,4-6H2,1-3H3;1-2H3. The first-order valence-corrected chi connectivity index (χ1v) is 5.49. The van der Waals surface area contributed by atoms with Crippen LogP contribution in [-0.2, 0) is 4.74 Å². The highest BCUT2D eigenvalue weighted by Crippen LogP contribution is 2.22. The number of nitrogens with zero attached hydrogens (tertiary/aromatic N) is 1. The second-order valence-electron chi connectivity index (χ2n) is 3.64. The Labute approximate surface area is 87.4 Å². The summed E-state index contributed by atoms with van der Waals surface area (Å²) < 4.78 is 4.68. The van der Waals surface area contributed by atoms with Crippen molar-refractivity contribution in [1.29, 1.82) is 0 Å². The molecule has 2 unspecified atom stereocenters. The molecule has 0 radical (unpaired) electrons. The van der Waals surface area contributed by atoms with Gasteiger partial charge in [0, 0.05) is 12.6 Å². The molecule has 0 N–H and O–H groups in total. The summed E-state index contributed by atoms with van der Waals surface area (Å²) in [4.78, 5) is 13.0. The van der Waals surface area contributed by atoms with E-state index in [1.165, 1.54) is 7.11 Å². The highest BCUT2D eigenvalue weighted by atomic mass is 16.5. The maximum atomic E-state index is 11.2. The fourth-order valence-corrected chi connectivity index (χ4v) is 1.80. The lowest BCUT2D eigenvalue weighted by molar-refractivity contribution is 0.0836. The van der Waals surface area contributed by atoms with Crippen LogP contribution in [0.1, 0.15) is 40.5 Å². The molecule has 1 rings (SSSR count). The Kier molecular flexibility index (Phi) is 6.34. The molecule has 3 nitrogen and oxygen atoms in total. The summed E-state index contributed by atoms with van der Waals surface area (Å²) in [6.07, 6.45) is 2.00. The average Bonchev–Trinajstić information content (AvgIpc) is 2.20. The Bertz CT molecular complexity index is 171. The molecule has 0 aromatic carbocycles. The number of carbonyl (C=O) groups excluding carboxylic acids is 1. The van der Waals surface area contributed by atoms with Gasteiger partial charge in [-0.3, -0.25) is 0 Å². The van der Waals surface area contributed by atoms with Crippen LogP contribution >= 0.6 is 0 Å². The molecule has 1 aliphatic rings. The fourth-order valence-electron chi connectivity index (χ4n) is 1.80. The minimum Gasteiger partial charge on any atom is -0.453 e. The zero-order chi connectivity index (χ0) is 11.1. The molecule has 3 heteroatoms. The van der Waals surface area contributed by atoms with Gasteiger partial charge < -0.3 is 9.64 Å². The van der Waals surface area contributed by atoms with Gasteiger partial charge in [0.2, 0.25) is 0 Å². The molecule has 0 saturated carbocycles. The van der Waals surface area contributed by atoms with Gasteiger partial charge in [-0.1, -0.05) is 20.8 Å². The lowest BCUT2D eigenvalue weighted by Gasteiger charge is -2.35. The summed E-state index contributed by atoms with van der Waals surface area (Å²) in [5.41, 5.74) is 0. The molecule has 0 aliphatic carbocycles. The number of amides is 1. The Morgan fingerprint density at radius 2 is 1.93 bits per heavy atom. The summed E-state index contributed by atoms with van der Waals surface area (Å²) >= 11 is 0. The smallest absolute Gasteiger partial charge is 0.409 e. The van der Waals surface area contributed by atoms with Crippen LogP contribution in [0.25, 0.3) is 0 Å². The first-order valence-electron chi connectivity index (χ1n) is 5.49. The molecule has 84 valence electrons. The Morgan fingerprint density at radius 3 is 2.36 bits per heavy atom. The summed E-state index contributed by atoms with van der Waals surface area (Å²) in [6.45, 7) is 9.15. The van der Waals surface area contributed by atoms with E-state index >= 15 is 0 Å². The monoisotopic (exact) mass is 201 g/mol. The Balaban J connectivity index is 0.000000791. The highest BCUT2D eigenvalue weighted by Gasteiger charge is 2.26. The number of piperidine rings is 1. The topological polar surface area (TPSA) is 29.5 Å². The molecule has 0 spiro atoms. The van der Waals surface area contributed by atoms with Gasteiger partial charge in [-0.15, -0.1) is 0 Å². The predicted octanol–water partition coefficient (Wildman–Crippen LogP) is 2.90. The van der Waals surface area contributed by atoms with Gasteiger partial charge in [-0.05, 0) is 25.7 Å². The molecule has 0 bridgehead atoms. The number of carbonyl (C=O) groups is 1. The van der Waals surface area contributed by atoms with E-state index in [1.54, 1.807) is 4.90 Å². The average molecular weight is 201 g/mol. The van der Waals surface area contributed by atoms with Crippen LogP contribution < -0.4 is 0 Å². The number of hydrogen-bond donors (Lipinski definition) is 0. The zero-order valence-corrected chi connectivity index (χ0v) is 10.0. The van der Waals surface area contributed by atoms with Crippen molar-refractivity contribution >= 4 is 6.09 Å². The molecule has 1 saturated heterocycles. The van der Waals surface area contributed by atoms with Crippen LogP contribution in [-0.4, -0.2) is 30.7 Å². The van der Waals surface area contributed by atoms with Crippen molar-refractivity contribution in [2.45, 2.75) is 46.6 Å². The largest absolute Gasteiger partial charge is 0.453 e. The predicted molar refractivity (Wildman–Crippen MR) is 58.3 cm³/mol. The van der Waals surface area contributed by atoms with Crippen molar-refractivity contribution in [3.05, 3.63) is 0 Å². The fraction of sp³-hybridized carbons (Fsp3) is 0.909. The lowest BCUT2D eigenvalue weighted by atomic mass is 9.94. The SMILES string of the molecule is CC.COC(=O)N1CCC(C)CC1C. The molecule has 1 amide bonds. The van der Waals surface area contributed by atoms with E-state index in [0.29, 0.717) is 6.04 Å². The van der Waals surface area contributed by atoms with E-state index < -0.39 is 0 Å². The molecule has 1 aliphatic heterocycles. The summed E-state index contributed by atoms with van der Waals surface area (Å²) in [5.74, 6) is 0.737. The quantitative estimate of drug-likeness (QED) is 0.603. The van der Waals surface area contributed by atoms with Crippen LogP contribution in [0.2, 0.25) is 0 Å².